The summed E-state index contributed by atoms with van der Waals surface area (Å²) >= 11 is 5.70. The van der Waals surface area contributed by atoms with E-state index in [0.717, 1.165) is 12.1 Å². The molecule has 0 heterocycles. The van der Waals surface area contributed by atoms with E-state index in [1.54, 1.807) is 0 Å². The Kier molecular flexibility index (Phi) is 3.48. The summed E-state index contributed by atoms with van der Waals surface area (Å²) in [6.07, 6.45) is 0. The van der Waals surface area contributed by atoms with Crippen LogP contribution >= 0.6 is 11.6 Å². The minimum absolute atomic E-state index is 0.0121. The van der Waals surface area contributed by atoms with E-state index in [4.69, 9.17) is 16.7 Å². The van der Waals surface area contributed by atoms with Gasteiger partial charge in [-0.25, -0.2) is 18.0 Å². The van der Waals surface area contributed by atoms with Crippen LogP contribution in [0.2, 0.25) is 5.02 Å². The summed E-state index contributed by atoms with van der Waals surface area (Å²) in [5, 5.41) is 8.87. The third kappa shape index (κ3) is 2.71. The van der Waals surface area contributed by atoms with Gasteiger partial charge in [0, 0.05) is 17.2 Å². The number of hydrogen-bond acceptors (Lipinski definition) is 1. The topological polar surface area (TPSA) is 37.3 Å². The van der Waals surface area contributed by atoms with Gasteiger partial charge in [0.05, 0.1) is 11.1 Å². The molecule has 0 fully saturated rings. The molecule has 0 unspecified atom stereocenters. The number of carboxylic acid groups (broad SMARTS) is 1. The molecule has 2 aromatic carbocycles. The highest BCUT2D eigenvalue weighted by Gasteiger charge is 2.16. The van der Waals surface area contributed by atoms with Crippen LogP contribution in [0.15, 0.2) is 30.3 Å². The van der Waals surface area contributed by atoms with E-state index in [9.17, 15) is 18.0 Å². The van der Waals surface area contributed by atoms with Crippen LogP contribution < -0.4 is 0 Å². The number of carbonyl (C=O) groups is 1. The summed E-state index contributed by atoms with van der Waals surface area (Å²) in [5.41, 5.74) is -0.808. The minimum atomic E-state index is -1.29. The van der Waals surface area contributed by atoms with E-state index < -0.39 is 29.0 Å². The molecular weight excluding hydrogens is 281 g/mol. The van der Waals surface area contributed by atoms with E-state index in [-0.39, 0.29) is 16.1 Å². The lowest BCUT2D eigenvalue weighted by atomic mass is 10.0. The van der Waals surface area contributed by atoms with Gasteiger partial charge < -0.3 is 5.11 Å². The molecule has 0 saturated heterocycles. The highest BCUT2D eigenvalue weighted by atomic mass is 35.5. The Morgan fingerprint density at radius 3 is 2.11 bits per heavy atom. The maximum Gasteiger partial charge on any atom is 0.335 e. The molecule has 0 radical (unpaired) electrons. The van der Waals surface area contributed by atoms with Crippen molar-refractivity contribution in [3.05, 3.63) is 58.4 Å². The highest BCUT2D eigenvalue weighted by molar-refractivity contribution is 6.31. The first kappa shape index (κ1) is 13.4. The first-order valence-electron chi connectivity index (χ1n) is 5.07. The van der Waals surface area contributed by atoms with Gasteiger partial charge in [0.25, 0.3) is 0 Å². The van der Waals surface area contributed by atoms with Gasteiger partial charge in [0.1, 0.15) is 17.5 Å². The van der Waals surface area contributed by atoms with E-state index in [2.05, 4.69) is 0 Å². The van der Waals surface area contributed by atoms with E-state index in [1.165, 1.54) is 6.07 Å². The Labute approximate surface area is 111 Å². The first-order valence-corrected chi connectivity index (χ1v) is 5.45. The molecule has 2 rings (SSSR count). The average molecular weight is 287 g/mol. The zero-order valence-corrected chi connectivity index (χ0v) is 10.0. The fraction of sp³-hybridized carbons (Fsp3) is 0. The van der Waals surface area contributed by atoms with Crippen molar-refractivity contribution >= 4 is 17.6 Å². The molecule has 0 spiro atoms. The predicted octanol–water partition coefficient (Wildman–Crippen LogP) is 4.12. The Bertz CT molecular complexity index is 648. The SMILES string of the molecule is O=C(O)c1cc(Cl)cc(-c2c(F)cc(F)cc2F)c1. The van der Waals surface area contributed by atoms with Gasteiger partial charge in [0.2, 0.25) is 0 Å². The summed E-state index contributed by atoms with van der Waals surface area (Å²) in [7, 11) is 0. The predicted molar refractivity (Wildman–Crippen MR) is 63.7 cm³/mol. The number of rotatable bonds is 2. The molecule has 0 saturated carbocycles. The van der Waals surface area contributed by atoms with Crippen molar-refractivity contribution in [1.82, 2.24) is 0 Å². The van der Waals surface area contributed by atoms with Gasteiger partial charge in [-0.15, -0.1) is 0 Å². The number of aromatic carboxylic acids is 1. The van der Waals surface area contributed by atoms with Gasteiger partial charge >= 0.3 is 5.97 Å². The lowest BCUT2D eigenvalue weighted by Crippen LogP contribution is -1.98. The van der Waals surface area contributed by atoms with E-state index in [0.29, 0.717) is 12.1 Å². The Hall–Kier alpha value is -2.01. The third-order valence-electron chi connectivity index (χ3n) is 2.44. The summed E-state index contributed by atoms with van der Waals surface area (Å²) < 4.78 is 40.0. The number of hydrogen-bond donors (Lipinski definition) is 1. The zero-order valence-electron chi connectivity index (χ0n) is 9.25. The molecule has 0 aliphatic carbocycles. The lowest BCUT2D eigenvalue weighted by molar-refractivity contribution is 0.0697. The highest BCUT2D eigenvalue weighted by Crippen LogP contribution is 2.30. The maximum absolute atomic E-state index is 13.6. The van der Waals surface area contributed by atoms with Crippen molar-refractivity contribution < 1.29 is 23.1 Å². The van der Waals surface area contributed by atoms with Crippen molar-refractivity contribution in [1.29, 1.82) is 0 Å². The van der Waals surface area contributed by atoms with Crippen LogP contribution in [0, 0.1) is 17.5 Å². The van der Waals surface area contributed by atoms with Crippen molar-refractivity contribution in [3.8, 4) is 11.1 Å². The lowest BCUT2D eigenvalue weighted by Gasteiger charge is -2.07. The summed E-state index contributed by atoms with van der Waals surface area (Å²) in [4.78, 5) is 10.9. The van der Waals surface area contributed by atoms with Crippen molar-refractivity contribution in [2.24, 2.45) is 0 Å². The molecule has 0 amide bonds. The van der Waals surface area contributed by atoms with Gasteiger partial charge in [-0.05, 0) is 23.8 Å². The second-order valence-electron chi connectivity index (χ2n) is 3.78. The van der Waals surface area contributed by atoms with Crippen LogP contribution in [0.5, 0.6) is 0 Å². The average Bonchev–Trinajstić information content (AvgIpc) is 2.26. The van der Waals surface area contributed by atoms with Gasteiger partial charge in [-0.3, -0.25) is 0 Å². The van der Waals surface area contributed by atoms with Crippen LogP contribution in [-0.2, 0) is 0 Å². The van der Waals surface area contributed by atoms with Crippen LogP contribution in [0.25, 0.3) is 11.1 Å². The van der Waals surface area contributed by atoms with Crippen molar-refractivity contribution in [3.63, 3.8) is 0 Å². The molecule has 19 heavy (non-hydrogen) atoms. The second-order valence-corrected chi connectivity index (χ2v) is 4.21. The molecular formula is C13H6ClF3O2. The van der Waals surface area contributed by atoms with Crippen LogP contribution in [0.4, 0.5) is 13.2 Å². The van der Waals surface area contributed by atoms with Crippen molar-refractivity contribution in [2.45, 2.75) is 0 Å². The minimum Gasteiger partial charge on any atom is -0.478 e. The summed E-state index contributed by atoms with van der Waals surface area (Å²) in [6, 6.07) is 4.44. The smallest absolute Gasteiger partial charge is 0.335 e. The van der Waals surface area contributed by atoms with Gasteiger partial charge in [-0.2, -0.15) is 0 Å². The number of benzene rings is 2. The summed E-state index contributed by atoms with van der Waals surface area (Å²) in [5.74, 6) is -4.60. The molecule has 2 nitrogen and oxygen atoms in total. The van der Waals surface area contributed by atoms with Gasteiger partial charge in [0.15, 0.2) is 0 Å². The molecule has 98 valence electrons. The van der Waals surface area contributed by atoms with Gasteiger partial charge in [-0.1, -0.05) is 11.6 Å². The standard InChI is InChI=1S/C13H6ClF3O2/c14-8-2-6(1-7(3-8)13(18)19)12-10(16)4-9(15)5-11(12)17/h1-5H,(H,18,19). The monoisotopic (exact) mass is 286 g/mol. The van der Waals surface area contributed by atoms with Crippen LogP contribution in [0.3, 0.4) is 0 Å². The zero-order chi connectivity index (χ0) is 14.2. The molecule has 0 aliphatic heterocycles. The molecule has 6 heteroatoms. The Balaban J connectivity index is 2.69. The quantitative estimate of drug-likeness (QED) is 0.901. The summed E-state index contributed by atoms with van der Waals surface area (Å²) in [6.45, 7) is 0. The normalized spacial score (nSPS) is 10.5. The molecule has 0 aromatic heterocycles. The fourth-order valence-electron chi connectivity index (χ4n) is 1.68. The Morgan fingerprint density at radius 2 is 1.58 bits per heavy atom. The van der Waals surface area contributed by atoms with Crippen molar-refractivity contribution in [2.75, 3.05) is 0 Å². The molecule has 0 bridgehead atoms. The largest absolute Gasteiger partial charge is 0.478 e. The van der Waals surface area contributed by atoms with Crippen LogP contribution in [0.1, 0.15) is 10.4 Å². The second kappa shape index (κ2) is 4.93. The van der Waals surface area contributed by atoms with Crippen LogP contribution in [-0.4, -0.2) is 11.1 Å². The molecule has 1 N–H and O–H groups in total. The molecule has 2 aromatic rings. The molecule has 0 aliphatic rings. The van der Waals surface area contributed by atoms with E-state index >= 15 is 0 Å². The Morgan fingerprint density at radius 1 is 1.00 bits per heavy atom. The fourth-order valence-corrected chi connectivity index (χ4v) is 1.91. The maximum atomic E-state index is 13.6. The number of carboxylic acids is 1. The molecule has 0 atom stereocenters. The van der Waals surface area contributed by atoms with E-state index in [1.807, 2.05) is 0 Å². The number of halogens is 4. The first-order chi connectivity index (χ1) is 8.88. The third-order valence-corrected chi connectivity index (χ3v) is 2.66.